The summed E-state index contributed by atoms with van der Waals surface area (Å²) in [7, 11) is -16.3. The number of aliphatic hydroxyl groups excluding tert-OH is 2. The Morgan fingerprint density at radius 2 is 1.74 bits per heavy atom. The van der Waals surface area contributed by atoms with Crippen LogP contribution in [0.4, 0.5) is 5.82 Å². The van der Waals surface area contributed by atoms with Crippen molar-refractivity contribution in [2.45, 2.75) is 83.5 Å². The van der Waals surface area contributed by atoms with Crippen LogP contribution in [0.25, 0.3) is 11.2 Å². The number of aliphatic hydroxyl groups is 2. The van der Waals surface area contributed by atoms with Crippen LogP contribution in [0.5, 0.6) is 0 Å². The number of hydrogen-bond acceptors (Lipinski definition) is 17. The first-order chi connectivity index (χ1) is 25.2. The summed E-state index contributed by atoms with van der Waals surface area (Å²) in [4.78, 5) is 75.5. The fourth-order valence-electron chi connectivity index (χ4n) is 4.94. The molecule has 7 atom stereocenters. The zero-order chi connectivity index (χ0) is 40.3. The lowest BCUT2D eigenvalue weighted by molar-refractivity contribution is -0.137. The molecule has 2 aromatic rings. The number of amides is 2. The molecule has 2 aromatic heterocycles. The zero-order valence-electron chi connectivity index (χ0n) is 29.7. The monoisotopic (exact) mass is 851 g/mol. The number of imidazole rings is 1. The van der Waals surface area contributed by atoms with Gasteiger partial charge in [0.2, 0.25) is 11.8 Å². The average Bonchev–Trinajstić information content (AvgIpc) is 3.63. The predicted octanol–water partition coefficient (Wildman–Crippen LogP) is 0.718. The maximum Gasteiger partial charge on any atom is 0.481 e. The Hall–Kier alpha value is -2.11. The van der Waals surface area contributed by atoms with E-state index in [0.29, 0.717) is 6.54 Å². The van der Waals surface area contributed by atoms with E-state index in [-0.39, 0.29) is 35.9 Å². The van der Waals surface area contributed by atoms with Crippen molar-refractivity contribution in [3.8, 4) is 0 Å². The Balaban J connectivity index is 1.49. The molecule has 0 spiro atoms. The number of phosphoric acid groups is 3. The van der Waals surface area contributed by atoms with Gasteiger partial charge in [-0.1, -0.05) is 40.0 Å². The minimum atomic E-state index is -5.54. The molecule has 1 aliphatic heterocycles. The average molecular weight is 852 g/mol. The number of nitrogens with zero attached hydrogens (tertiary/aromatic N) is 4. The van der Waals surface area contributed by atoms with Crippen LogP contribution >= 0.6 is 35.2 Å². The van der Waals surface area contributed by atoms with E-state index in [2.05, 4.69) is 41.3 Å². The van der Waals surface area contributed by atoms with Crippen LogP contribution < -0.4 is 16.4 Å². The first-order valence-corrected chi connectivity index (χ1v) is 22.3. The number of carbonyl (C=O) groups excluding carboxylic acids is 2. The topological polar surface area (TPSA) is 347 Å². The first kappa shape index (κ1) is 46.3. The molecular formula is C27H48N7O16P3S. The number of aromatic nitrogens is 4. The summed E-state index contributed by atoms with van der Waals surface area (Å²) in [5.74, 6) is 0.498. The second-order valence-corrected chi connectivity index (χ2v) is 18.2. The van der Waals surface area contributed by atoms with Gasteiger partial charge < -0.3 is 50.9 Å². The smallest absolute Gasteiger partial charge is 0.386 e. The van der Waals surface area contributed by atoms with Gasteiger partial charge in [-0.15, -0.1) is 0 Å². The van der Waals surface area contributed by atoms with Crippen LogP contribution in [0.15, 0.2) is 12.7 Å². The number of nitrogens with one attached hydrogen (secondary N) is 2. The zero-order valence-corrected chi connectivity index (χ0v) is 33.2. The summed E-state index contributed by atoms with van der Waals surface area (Å²) < 4.78 is 62.1. The SMILES string of the molecule is CCCCCCSCCNC(=O)CCNC(=O)[C@H](O)C(C)(C)COP(=O)(O)OP(=O)(O)OC[C@H]1O[C@@H](n2cnc3c(N)ncnc32)[C@H](O)[C@@H]1OP(=O)(O)O. The number of nitrogen functional groups attached to an aromatic ring is 1. The highest BCUT2D eigenvalue weighted by Gasteiger charge is 2.50. The van der Waals surface area contributed by atoms with E-state index in [9.17, 15) is 53.1 Å². The van der Waals surface area contributed by atoms with Gasteiger partial charge in [-0.3, -0.25) is 27.7 Å². The van der Waals surface area contributed by atoms with Gasteiger partial charge in [0.15, 0.2) is 17.7 Å². The van der Waals surface area contributed by atoms with Crippen molar-refractivity contribution in [3.05, 3.63) is 12.7 Å². The molecule has 23 nitrogen and oxygen atoms in total. The standard InChI is InChI=1S/C27H48N7O16P3S/c1-4-5-6-7-11-54-12-10-29-18(35)8-9-30-25(38)22(37)27(2,3)14-47-53(44,45)50-52(42,43)46-13-17-21(49-51(39,40)41)20(36)26(48-17)34-16-33-19-23(28)31-15-32-24(19)34/h15-17,20-22,26,36-37H,4-14H2,1-3H3,(H,29,35)(H,30,38)(H,42,43)(H,44,45)(H2,28,31,32)(H2,39,40,41)/t17-,20-,21-,22+,26-/m1/s1. The van der Waals surface area contributed by atoms with Crippen LogP contribution in [0.1, 0.15) is 59.1 Å². The fourth-order valence-corrected chi connectivity index (χ4v) is 8.62. The molecule has 54 heavy (non-hydrogen) atoms. The van der Waals surface area contributed by atoms with Gasteiger partial charge in [0, 0.05) is 30.7 Å². The van der Waals surface area contributed by atoms with E-state index < -0.39 is 78.6 Å². The normalized spacial score (nSPS) is 22.1. The number of nitrogens with two attached hydrogens (primary N) is 1. The number of hydrogen-bond donors (Lipinski definition) is 9. The van der Waals surface area contributed by atoms with Gasteiger partial charge in [0.1, 0.15) is 36.3 Å². The lowest BCUT2D eigenvalue weighted by atomic mass is 9.87. The third kappa shape index (κ3) is 14.4. The number of unbranched alkanes of at least 4 members (excludes halogenated alkanes) is 3. The quantitative estimate of drug-likeness (QED) is 0.0519. The molecule has 2 amide bonds. The maximum absolute atomic E-state index is 12.7. The minimum absolute atomic E-state index is 0.0333. The maximum atomic E-state index is 12.7. The number of thioether (sulfide) groups is 1. The van der Waals surface area contributed by atoms with Crippen LogP contribution in [0.2, 0.25) is 0 Å². The van der Waals surface area contributed by atoms with E-state index in [1.54, 1.807) is 11.8 Å². The van der Waals surface area contributed by atoms with Crippen LogP contribution in [0.3, 0.4) is 0 Å². The van der Waals surface area contributed by atoms with Crippen LogP contribution in [-0.2, 0) is 45.9 Å². The molecule has 1 fully saturated rings. The lowest BCUT2D eigenvalue weighted by Crippen LogP contribution is -2.46. The molecule has 308 valence electrons. The number of phosphoric ester groups is 3. The summed E-state index contributed by atoms with van der Waals surface area (Å²) in [5.41, 5.74) is 4.33. The summed E-state index contributed by atoms with van der Waals surface area (Å²) in [6.45, 7) is 3.09. The molecule has 3 heterocycles. The highest BCUT2D eigenvalue weighted by Crippen LogP contribution is 2.61. The Labute approximate surface area is 314 Å². The largest absolute Gasteiger partial charge is 0.481 e. The first-order valence-electron chi connectivity index (χ1n) is 16.6. The van der Waals surface area contributed by atoms with Gasteiger partial charge in [-0.2, -0.15) is 16.1 Å². The van der Waals surface area contributed by atoms with Crippen molar-refractivity contribution in [2.24, 2.45) is 5.41 Å². The van der Waals surface area contributed by atoms with Crippen molar-refractivity contribution in [1.29, 1.82) is 0 Å². The van der Waals surface area contributed by atoms with Crippen molar-refractivity contribution < 1.29 is 75.7 Å². The van der Waals surface area contributed by atoms with Crippen LogP contribution in [0, 0.1) is 5.41 Å². The molecule has 0 aliphatic carbocycles. The van der Waals surface area contributed by atoms with E-state index in [1.165, 1.54) is 26.7 Å². The molecule has 1 saturated heterocycles. The third-order valence-electron chi connectivity index (χ3n) is 7.79. The number of carbonyl (C=O) groups is 2. The summed E-state index contributed by atoms with van der Waals surface area (Å²) >= 11 is 1.74. The number of ether oxygens (including phenoxy) is 1. The van der Waals surface area contributed by atoms with Gasteiger partial charge in [-0.05, 0) is 12.2 Å². The van der Waals surface area contributed by atoms with E-state index >= 15 is 0 Å². The summed E-state index contributed by atoms with van der Waals surface area (Å²) in [6.07, 6.45) is -2.04. The minimum Gasteiger partial charge on any atom is -0.386 e. The lowest BCUT2D eigenvalue weighted by Gasteiger charge is -2.30. The Bertz CT molecular complexity index is 1700. The van der Waals surface area contributed by atoms with E-state index in [4.69, 9.17) is 19.5 Å². The Morgan fingerprint density at radius 3 is 2.43 bits per heavy atom. The second kappa shape index (κ2) is 20.4. The van der Waals surface area contributed by atoms with Crippen LogP contribution in [-0.4, -0.2) is 123 Å². The molecule has 1 aliphatic rings. The fraction of sp³-hybridized carbons (Fsp3) is 0.741. The molecule has 0 aromatic carbocycles. The molecule has 0 radical (unpaired) electrons. The Morgan fingerprint density at radius 1 is 1.04 bits per heavy atom. The number of rotatable bonds is 24. The van der Waals surface area contributed by atoms with Crippen molar-refractivity contribution in [2.75, 3.05) is 43.5 Å². The van der Waals surface area contributed by atoms with Gasteiger partial charge in [0.05, 0.1) is 19.5 Å². The van der Waals surface area contributed by atoms with E-state index in [0.717, 1.165) is 41.6 Å². The Kier molecular flexibility index (Phi) is 17.4. The van der Waals surface area contributed by atoms with Gasteiger partial charge in [-0.25, -0.2) is 28.6 Å². The van der Waals surface area contributed by atoms with E-state index in [1.807, 2.05) is 0 Å². The number of anilines is 1. The highest BCUT2D eigenvalue weighted by atomic mass is 32.2. The van der Waals surface area contributed by atoms with Gasteiger partial charge >= 0.3 is 23.5 Å². The van der Waals surface area contributed by atoms with Crippen molar-refractivity contribution in [3.63, 3.8) is 0 Å². The van der Waals surface area contributed by atoms with Crippen molar-refractivity contribution in [1.82, 2.24) is 30.2 Å². The predicted molar refractivity (Wildman–Crippen MR) is 191 cm³/mol. The molecule has 0 saturated carbocycles. The second-order valence-electron chi connectivity index (χ2n) is 12.7. The molecular weight excluding hydrogens is 803 g/mol. The van der Waals surface area contributed by atoms with Crippen molar-refractivity contribution >= 4 is 64.0 Å². The molecule has 0 bridgehead atoms. The molecule has 27 heteroatoms. The highest BCUT2D eigenvalue weighted by molar-refractivity contribution is 7.99. The molecule has 3 rings (SSSR count). The summed E-state index contributed by atoms with van der Waals surface area (Å²) in [6, 6.07) is 0. The third-order valence-corrected chi connectivity index (χ3v) is 12.0. The summed E-state index contributed by atoms with van der Waals surface area (Å²) in [5, 5.41) is 26.6. The molecule has 2 unspecified atom stereocenters. The molecule has 10 N–H and O–H groups in total. The number of fused-ring (bicyclic) bond motifs is 1. The van der Waals surface area contributed by atoms with Gasteiger partial charge in [0.25, 0.3) is 0 Å².